The molecule has 0 aromatic heterocycles. The lowest BCUT2D eigenvalue weighted by molar-refractivity contribution is -0.0512. The number of nitrogens with one attached hydrogen (secondary N) is 1. The van der Waals surface area contributed by atoms with Crippen LogP contribution in [0, 0.1) is 0 Å². The Hall–Kier alpha value is -2.67. The van der Waals surface area contributed by atoms with Crippen LogP contribution in [0.4, 0.5) is 14.5 Å². The fraction of sp³-hybridized carbons (Fsp3) is 0.409. The first-order valence-electron chi connectivity index (χ1n) is 9.73. The predicted octanol–water partition coefficient (Wildman–Crippen LogP) is 4.92. The summed E-state index contributed by atoms with van der Waals surface area (Å²) in [5, 5.41) is 2.78. The summed E-state index contributed by atoms with van der Waals surface area (Å²) in [5.41, 5.74) is 2.03. The first kappa shape index (κ1) is 21.0. The Bertz CT molecular complexity index is 827. The van der Waals surface area contributed by atoms with Crippen molar-refractivity contribution in [2.24, 2.45) is 0 Å². The quantitative estimate of drug-likeness (QED) is 0.711. The van der Waals surface area contributed by atoms with E-state index in [0.717, 1.165) is 13.1 Å². The Balaban J connectivity index is 1.64. The molecule has 7 heteroatoms. The summed E-state index contributed by atoms with van der Waals surface area (Å²) >= 11 is 0. The molecule has 156 valence electrons. The van der Waals surface area contributed by atoms with E-state index in [-0.39, 0.29) is 17.1 Å². The number of halogens is 2. The maximum Gasteiger partial charge on any atom is 0.387 e. The van der Waals surface area contributed by atoms with Crippen LogP contribution < -0.4 is 14.8 Å². The van der Waals surface area contributed by atoms with E-state index in [4.69, 9.17) is 4.74 Å². The maximum atomic E-state index is 12.6. The standard InChI is InChI=1S/C22H26F2N2O3/c1-15-5-3-4-12-26(15)14-16-6-9-18(10-7-16)25-21(27)17-8-11-19(28-2)20(13-17)29-22(23)24/h6-11,13,15,22H,3-5,12,14H2,1-2H3,(H,25,27). The average Bonchev–Trinajstić information content (AvgIpc) is 2.70. The zero-order valence-corrected chi connectivity index (χ0v) is 16.7. The Morgan fingerprint density at radius 1 is 1.17 bits per heavy atom. The number of alkyl halides is 2. The molecule has 0 saturated carbocycles. The van der Waals surface area contributed by atoms with E-state index in [1.54, 1.807) is 0 Å². The molecule has 29 heavy (non-hydrogen) atoms. The van der Waals surface area contributed by atoms with Crippen LogP contribution in [-0.4, -0.2) is 37.1 Å². The Morgan fingerprint density at radius 3 is 2.59 bits per heavy atom. The van der Waals surface area contributed by atoms with Crippen LogP contribution in [0.25, 0.3) is 0 Å². The summed E-state index contributed by atoms with van der Waals surface area (Å²) in [4.78, 5) is 15.0. The molecule has 5 nitrogen and oxygen atoms in total. The van der Waals surface area contributed by atoms with Crippen molar-refractivity contribution < 1.29 is 23.0 Å². The summed E-state index contributed by atoms with van der Waals surface area (Å²) in [5.74, 6) is -0.455. The lowest BCUT2D eigenvalue weighted by atomic mass is 10.0. The minimum Gasteiger partial charge on any atom is -0.493 e. The number of ether oxygens (including phenoxy) is 2. The molecule has 1 atom stereocenters. The smallest absolute Gasteiger partial charge is 0.387 e. The van der Waals surface area contributed by atoms with Gasteiger partial charge in [0.05, 0.1) is 7.11 Å². The van der Waals surface area contributed by atoms with E-state index in [2.05, 4.69) is 21.9 Å². The summed E-state index contributed by atoms with van der Waals surface area (Å²) in [6.45, 7) is 1.26. The van der Waals surface area contributed by atoms with Gasteiger partial charge in [0, 0.05) is 23.8 Å². The van der Waals surface area contributed by atoms with Gasteiger partial charge in [0.15, 0.2) is 11.5 Å². The second-order valence-electron chi connectivity index (χ2n) is 7.21. The van der Waals surface area contributed by atoms with Crippen molar-refractivity contribution in [1.82, 2.24) is 4.90 Å². The minimum absolute atomic E-state index is 0.137. The number of carbonyl (C=O) groups excluding carboxylic acids is 1. The van der Waals surface area contributed by atoms with Gasteiger partial charge in [0.25, 0.3) is 5.91 Å². The molecule has 1 saturated heterocycles. The first-order chi connectivity index (χ1) is 14.0. The second-order valence-corrected chi connectivity index (χ2v) is 7.21. The van der Waals surface area contributed by atoms with Crippen LogP contribution in [0.3, 0.4) is 0 Å². The zero-order valence-electron chi connectivity index (χ0n) is 16.7. The van der Waals surface area contributed by atoms with E-state index in [1.807, 2.05) is 24.3 Å². The van der Waals surface area contributed by atoms with Gasteiger partial charge in [-0.15, -0.1) is 0 Å². The number of rotatable bonds is 7. The van der Waals surface area contributed by atoms with E-state index in [9.17, 15) is 13.6 Å². The van der Waals surface area contributed by atoms with E-state index in [0.29, 0.717) is 11.7 Å². The highest BCUT2D eigenvalue weighted by Gasteiger charge is 2.18. The van der Waals surface area contributed by atoms with E-state index < -0.39 is 12.5 Å². The molecule has 0 radical (unpaired) electrons. The fourth-order valence-corrected chi connectivity index (χ4v) is 3.53. The molecule has 0 spiro atoms. The highest BCUT2D eigenvalue weighted by molar-refractivity contribution is 6.04. The van der Waals surface area contributed by atoms with Crippen LogP contribution in [0.15, 0.2) is 42.5 Å². The molecule has 3 rings (SSSR count). The molecule has 1 aliphatic heterocycles. The molecular formula is C22H26F2N2O3. The summed E-state index contributed by atoms with van der Waals surface area (Å²) in [6, 6.07) is 12.4. The van der Waals surface area contributed by atoms with Gasteiger partial charge in [-0.3, -0.25) is 9.69 Å². The molecule has 1 amide bonds. The predicted molar refractivity (Wildman–Crippen MR) is 108 cm³/mol. The topological polar surface area (TPSA) is 50.8 Å². The highest BCUT2D eigenvalue weighted by atomic mass is 19.3. The molecule has 1 N–H and O–H groups in total. The molecule has 2 aromatic rings. The van der Waals surface area contributed by atoms with Gasteiger partial charge in [0.2, 0.25) is 0 Å². The SMILES string of the molecule is COc1ccc(C(=O)Nc2ccc(CN3CCCCC3C)cc2)cc1OC(F)F. The maximum absolute atomic E-state index is 12.6. The zero-order chi connectivity index (χ0) is 20.8. The number of nitrogens with zero attached hydrogens (tertiary/aromatic N) is 1. The third-order valence-electron chi connectivity index (χ3n) is 5.18. The molecule has 0 aliphatic carbocycles. The molecule has 1 heterocycles. The van der Waals surface area contributed by atoms with Crippen molar-refractivity contribution in [1.29, 1.82) is 0 Å². The average molecular weight is 404 g/mol. The summed E-state index contributed by atoms with van der Waals surface area (Å²) < 4.78 is 34.5. The number of anilines is 1. The normalized spacial score (nSPS) is 17.2. The molecular weight excluding hydrogens is 378 g/mol. The number of benzene rings is 2. The van der Waals surface area contributed by atoms with E-state index in [1.165, 1.54) is 50.1 Å². The monoisotopic (exact) mass is 404 g/mol. The number of hydrogen-bond donors (Lipinski definition) is 1. The molecule has 1 unspecified atom stereocenters. The number of carbonyl (C=O) groups is 1. The second kappa shape index (κ2) is 9.69. The third-order valence-corrected chi connectivity index (χ3v) is 5.18. The third kappa shape index (κ3) is 5.67. The van der Waals surface area contributed by atoms with Crippen molar-refractivity contribution in [3.8, 4) is 11.5 Å². The summed E-state index contributed by atoms with van der Waals surface area (Å²) in [6.07, 6.45) is 3.75. The lowest BCUT2D eigenvalue weighted by Gasteiger charge is -2.33. The van der Waals surface area contributed by atoms with Crippen molar-refractivity contribution in [3.05, 3.63) is 53.6 Å². The van der Waals surface area contributed by atoms with Gasteiger partial charge in [-0.25, -0.2) is 0 Å². The van der Waals surface area contributed by atoms with Crippen LogP contribution in [0.1, 0.15) is 42.1 Å². The van der Waals surface area contributed by atoms with Gasteiger partial charge >= 0.3 is 6.61 Å². The molecule has 0 bridgehead atoms. The van der Waals surface area contributed by atoms with Gasteiger partial charge in [-0.2, -0.15) is 8.78 Å². The number of likely N-dealkylation sites (tertiary alicyclic amines) is 1. The minimum atomic E-state index is -3.00. The van der Waals surface area contributed by atoms with Crippen LogP contribution in [-0.2, 0) is 6.54 Å². The molecule has 1 fully saturated rings. The molecule has 1 aliphatic rings. The van der Waals surface area contributed by atoms with Gasteiger partial charge < -0.3 is 14.8 Å². The lowest BCUT2D eigenvalue weighted by Crippen LogP contribution is -2.36. The number of methoxy groups -OCH3 is 1. The van der Waals surface area contributed by atoms with Crippen molar-refractivity contribution in [2.45, 2.75) is 45.4 Å². The van der Waals surface area contributed by atoms with Gasteiger partial charge in [-0.05, 0) is 62.2 Å². The Morgan fingerprint density at radius 2 is 1.93 bits per heavy atom. The number of piperidine rings is 1. The van der Waals surface area contributed by atoms with Gasteiger partial charge in [0.1, 0.15) is 0 Å². The highest BCUT2D eigenvalue weighted by Crippen LogP contribution is 2.30. The number of amides is 1. The van der Waals surface area contributed by atoms with Crippen LogP contribution in [0.2, 0.25) is 0 Å². The Kier molecular flexibility index (Phi) is 7.04. The first-order valence-corrected chi connectivity index (χ1v) is 9.73. The fourth-order valence-electron chi connectivity index (χ4n) is 3.53. The number of hydrogen-bond acceptors (Lipinski definition) is 4. The summed E-state index contributed by atoms with van der Waals surface area (Å²) in [7, 11) is 1.35. The Labute approximate surface area is 169 Å². The van der Waals surface area contributed by atoms with Crippen LogP contribution >= 0.6 is 0 Å². The van der Waals surface area contributed by atoms with Crippen molar-refractivity contribution >= 4 is 11.6 Å². The van der Waals surface area contributed by atoms with Crippen molar-refractivity contribution in [2.75, 3.05) is 19.0 Å². The van der Waals surface area contributed by atoms with E-state index >= 15 is 0 Å². The largest absolute Gasteiger partial charge is 0.493 e. The van der Waals surface area contributed by atoms with Gasteiger partial charge in [-0.1, -0.05) is 18.6 Å². The molecule has 2 aromatic carbocycles. The van der Waals surface area contributed by atoms with Crippen molar-refractivity contribution in [3.63, 3.8) is 0 Å². The van der Waals surface area contributed by atoms with Crippen LogP contribution in [0.5, 0.6) is 11.5 Å².